The fraction of sp³-hybridized carbons (Fsp3) is 0.900. The smallest absolute Gasteiger partial charge is 0.314 e. The van der Waals surface area contributed by atoms with E-state index >= 15 is 0 Å². The summed E-state index contributed by atoms with van der Waals surface area (Å²) >= 11 is 0. The van der Waals surface area contributed by atoms with Crippen molar-refractivity contribution in [2.24, 2.45) is 5.92 Å². The number of aliphatic hydroxyl groups is 1. The SMILES string of the molecule is CC1(C)OC[C@@H](CC(=O)CC(O)[C@@H]2C(=O)OCC[C@@H]2O[Si](C)(C)C(C)(C)C)O1. The van der Waals surface area contributed by atoms with Crippen molar-refractivity contribution in [3.05, 3.63) is 0 Å². The lowest BCUT2D eigenvalue weighted by atomic mass is 9.88. The predicted octanol–water partition coefficient (Wildman–Crippen LogP) is 2.80. The molecule has 2 aliphatic heterocycles. The molecule has 1 unspecified atom stereocenters. The van der Waals surface area contributed by atoms with Crippen molar-refractivity contribution in [1.29, 1.82) is 0 Å². The van der Waals surface area contributed by atoms with Gasteiger partial charge in [-0.25, -0.2) is 0 Å². The van der Waals surface area contributed by atoms with E-state index in [2.05, 4.69) is 33.9 Å². The summed E-state index contributed by atoms with van der Waals surface area (Å²) in [4.78, 5) is 24.8. The highest BCUT2D eigenvalue weighted by Gasteiger charge is 2.46. The summed E-state index contributed by atoms with van der Waals surface area (Å²) in [5.41, 5.74) is 0. The lowest BCUT2D eigenvalue weighted by Gasteiger charge is -2.43. The molecule has 0 bridgehead atoms. The van der Waals surface area contributed by atoms with Crippen LogP contribution in [0.3, 0.4) is 0 Å². The molecule has 162 valence electrons. The predicted molar refractivity (Wildman–Crippen MR) is 106 cm³/mol. The number of Topliss-reactive ketones (excluding diaryl/α,β-unsaturated/α-hetero) is 1. The third-order valence-electron chi connectivity index (χ3n) is 5.95. The van der Waals surface area contributed by atoms with Crippen LogP contribution in [0.5, 0.6) is 0 Å². The van der Waals surface area contributed by atoms with Crippen LogP contribution in [0.25, 0.3) is 0 Å². The molecule has 0 aromatic rings. The molecule has 0 aromatic heterocycles. The van der Waals surface area contributed by atoms with Crippen molar-refractivity contribution >= 4 is 20.1 Å². The maximum absolute atomic E-state index is 12.4. The van der Waals surface area contributed by atoms with Crippen LogP contribution >= 0.6 is 0 Å². The molecule has 7 nitrogen and oxygen atoms in total. The van der Waals surface area contributed by atoms with Crippen LogP contribution in [0, 0.1) is 5.92 Å². The Morgan fingerprint density at radius 3 is 2.54 bits per heavy atom. The number of ketones is 1. The Morgan fingerprint density at radius 1 is 1.36 bits per heavy atom. The summed E-state index contributed by atoms with van der Waals surface area (Å²) in [7, 11) is -2.14. The molecule has 0 radical (unpaired) electrons. The summed E-state index contributed by atoms with van der Waals surface area (Å²) in [6, 6.07) is 0. The van der Waals surface area contributed by atoms with Gasteiger partial charge >= 0.3 is 5.97 Å². The second kappa shape index (κ2) is 8.51. The fourth-order valence-corrected chi connectivity index (χ4v) is 4.73. The first-order chi connectivity index (χ1) is 12.7. The van der Waals surface area contributed by atoms with Crippen LogP contribution in [0.1, 0.15) is 53.9 Å². The molecule has 8 heteroatoms. The van der Waals surface area contributed by atoms with Gasteiger partial charge in [-0.15, -0.1) is 0 Å². The van der Waals surface area contributed by atoms with Crippen LogP contribution < -0.4 is 0 Å². The molecule has 1 N–H and O–H groups in total. The summed E-state index contributed by atoms with van der Waals surface area (Å²) in [6.07, 6.45) is -1.34. The number of carbonyl (C=O) groups is 2. The van der Waals surface area contributed by atoms with Gasteiger partial charge in [0.25, 0.3) is 0 Å². The molecule has 0 amide bonds. The van der Waals surface area contributed by atoms with Gasteiger partial charge in [0.15, 0.2) is 14.1 Å². The summed E-state index contributed by atoms with van der Waals surface area (Å²) < 4.78 is 22.7. The van der Waals surface area contributed by atoms with E-state index in [0.29, 0.717) is 13.0 Å². The molecule has 4 atom stereocenters. The average Bonchev–Trinajstić information content (AvgIpc) is 2.84. The van der Waals surface area contributed by atoms with Crippen molar-refractivity contribution in [2.75, 3.05) is 13.2 Å². The van der Waals surface area contributed by atoms with E-state index in [1.807, 2.05) is 0 Å². The minimum Gasteiger partial charge on any atom is -0.465 e. The van der Waals surface area contributed by atoms with Crippen LogP contribution in [0.15, 0.2) is 0 Å². The van der Waals surface area contributed by atoms with Crippen molar-refractivity contribution < 1.29 is 33.3 Å². The minimum absolute atomic E-state index is 0.0215. The van der Waals surface area contributed by atoms with Crippen molar-refractivity contribution in [3.8, 4) is 0 Å². The molecule has 0 spiro atoms. The van der Waals surface area contributed by atoms with Crippen LogP contribution in [0.4, 0.5) is 0 Å². The third-order valence-corrected chi connectivity index (χ3v) is 10.4. The maximum Gasteiger partial charge on any atom is 0.314 e. The maximum atomic E-state index is 12.4. The first kappa shape index (κ1) is 23.5. The summed E-state index contributed by atoms with van der Waals surface area (Å²) in [5, 5.41) is 10.7. The van der Waals surface area contributed by atoms with Gasteiger partial charge in [-0.1, -0.05) is 20.8 Å². The zero-order chi connectivity index (χ0) is 21.3. The monoisotopic (exact) mass is 416 g/mol. The van der Waals surface area contributed by atoms with Gasteiger partial charge in [0, 0.05) is 19.3 Å². The Morgan fingerprint density at radius 2 is 2.00 bits per heavy atom. The molecule has 2 aliphatic rings. The number of rotatable bonds is 7. The fourth-order valence-electron chi connectivity index (χ4n) is 3.36. The van der Waals surface area contributed by atoms with Gasteiger partial charge in [0.2, 0.25) is 0 Å². The van der Waals surface area contributed by atoms with Gasteiger partial charge in [-0.2, -0.15) is 0 Å². The minimum atomic E-state index is -2.14. The molecular weight excluding hydrogens is 380 g/mol. The Bertz CT molecular complexity index is 582. The highest BCUT2D eigenvalue weighted by Crippen LogP contribution is 2.40. The number of aliphatic hydroxyl groups excluding tert-OH is 1. The number of hydrogen-bond acceptors (Lipinski definition) is 7. The average molecular weight is 417 g/mol. The van der Waals surface area contributed by atoms with E-state index in [-0.39, 0.29) is 36.4 Å². The third kappa shape index (κ3) is 5.85. The van der Waals surface area contributed by atoms with Crippen LogP contribution in [0.2, 0.25) is 18.1 Å². The van der Waals surface area contributed by atoms with E-state index in [0.717, 1.165) is 0 Å². The zero-order valence-corrected chi connectivity index (χ0v) is 19.2. The molecule has 0 aliphatic carbocycles. The van der Waals surface area contributed by atoms with Gasteiger partial charge in [0.05, 0.1) is 31.5 Å². The molecule has 2 fully saturated rings. The zero-order valence-electron chi connectivity index (χ0n) is 18.2. The van der Waals surface area contributed by atoms with Crippen molar-refractivity contribution in [3.63, 3.8) is 0 Å². The molecule has 2 heterocycles. The Kier molecular flexibility index (Phi) is 7.14. The normalized spacial score (nSPS) is 29.4. The van der Waals surface area contributed by atoms with Gasteiger partial charge in [-0.05, 0) is 32.0 Å². The summed E-state index contributed by atoms with van der Waals surface area (Å²) in [5.74, 6) is -2.19. The van der Waals surface area contributed by atoms with E-state index in [1.165, 1.54) is 0 Å². The number of hydrogen-bond donors (Lipinski definition) is 1. The Hall–Kier alpha value is -0.803. The van der Waals surface area contributed by atoms with E-state index in [4.69, 9.17) is 18.6 Å². The number of esters is 1. The van der Waals surface area contributed by atoms with Crippen LogP contribution in [-0.4, -0.2) is 62.5 Å². The largest absolute Gasteiger partial charge is 0.465 e. The second-order valence-electron chi connectivity index (χ2n) is 9.86. The van der Waals surface area contributed by atoms with E-state index in [9.17, 15) is 14.7 Å². The first-order valence-electron chi connectivity index (χ1n) is 10.1. The number of ether oxygens (including phenoxy) is 3. The van der Waals surface area contributed by atoms with E-state index < -0.39 is 38.2 Å². The highest BCUT2D eigenvalue weighted by atomic mass is 28.4. The number of carbonyl (C=O) groups excluding carboxylic acids is 2. The van der Waals surface area contributed by atoms with Gasteiger partial charge < -0.3 is 23.7 Å². The summed E-state index contributed by atoms with van der Waals surface area (Å²) in [6.45, 7) is 14.8. The lowest BCUT2D eigenvalue weighted by Crippen LogP contribution is -2.52. The highest BCUT2D eigenvalue weighted by molar-refractivity contribution is 6.74. The van der Waals surface area contributed by atoms with E-state index in [1.54, 1.807) is 13.8 Å². The van der Waals surface area contributed by atoms with Gasteiger partial charge in [0.1, 0.15) is 11.7 Å². The van der Waals surface area contributed by atoms with Gasteiger partial charge in [-0.3, -0.25) is 9.59 Å². The first-order valence-corrected chi connectivity index (χ1v) is 13.0. The second-order valence-corrected chi connectivity index (χ2v) is 14.6. The Balaban J connectivity index is 2.00. The topological polar surface area (TPSA) is 91.3 Å². The van der Waals surface area contributed by atoms with Crippen LogP contribution in [-0.2, 0) is 28.2 Å². The molecule has 0 aromatic carbocycles. The quantitative estimate of drug-likeness (QED) is 0.504. The van der Waals surface area contributed by atoms with Crippen molar-refractivity contribution in [2.45, 2.75) is 96.1 Å². The van der Waals surface area contributed by atoms with Crippen molar-refractivity contribution in [1.82, 2.24) is 0 Å². The molecule has 28 heavy (non-hydrogen) atoms. The molecular formula is C20H36O7Si. The molecule has 2 rings (SSSR count). The molecule has 0 saturated carbocycles. The standard InChI is InChI=1S/C20H36O7Si/c1-19(2,3)28(6,7)27-16-8-9-24-18(23)17(16)15(22)11-13(21)10-14-12-25-20(4,5)26-14/h14-17,22H,8-12H2,1-7H3/t14-,15?,16+,17+/m1/s1. The Labute approximate surface area is 169 Å². The number of cyclic esters (lactones) is 1. The molecule has 2 saturated heterocycles. The lowest BCUT2D eigenvalue weighted by molar-refractivity contribution is -0.167.